The van der Waals surface area contributed by atoms with Crippen LogP contribution in [0.1, 0.15) is 42.9 Å². The summed E-state index contributed by atoms with van der Waals surface area (Å²) >= 11 is 0. The largest absolute Gasteiger partial charge is 0.324 e. The third kappa shape index (κ3) is 2.96. The maximum absolute atomic E-state index is 6.25. The lowest BCUT2D eigenvalue weighted by Gasteiger charge is -2.19. The van der Waals surface area contributed by atoms with Crippen molar-refractivity contribution in [3.63, 3.8) is 0 Å². The molecule has 0 unspecified atom stereocenters. The van der Waals surface area contributed by atoms with Crippen molar-refractivity contribution < 1.29 is 0 Å². The van der Waals surface area contributed by atoms with Crippen molar-refractivity contribution >= 4 is 12.4 Å². The number of hydrogen-bond donors (Lipinski definition) is 1. The SMILES string of the molecule is Cc1ccc([C@@H](N)C2CCCC2)cc1.Cl. The Kier molecular flexibility index (Phi) is 4.62. The number of benzene rings is 1. The molecule has 1 aliphatic rings. The predicted octanol–water partition coefficient (Wildman–Crippen LogP) is 3.61. The van der Waals surface area contributed by atoms with Crippen molar-refractivity contribution in [2.24, 2.45) is 11.7 Å². The van der Waals surface area contributed by atoms with Crippen LogP contribution in [-0.4, -0.2) is 0 Å². The molecule has 0 aromatic heterocycles. The lowest BCUT2D eigenvalue weighted by molar-refractivity contribution is 0.445. The molecule has 0 bridgehead atoms. The third-order valence-electron chi connectivity index (χ3n) is 3.37. The first-order chi connectivity index (χ1) is 6.77. The number of halogens is 1. The summed E-state index contributed by atoms with van der Waals surface area (Å²) in [4.78, 5) is 0. The molecular formula is C13H20ClN. The van der Waals surface area contributed by atoms with E-state index < -0.39 is 0 Å². The Morgan fingerprint density at radius 1 is 1.13 bits per heavy atom. The zero-order chi connectivity index (χ0) is 9.97. The van der Waals surface area contributed by atoms with E-state index in [0.717, 1.165) is 5.92 Å². The summed E-state index contributed by atoms with van der Waals surface area (Å²) in [6.45, 7) is 2.12. The van der Waals surface area contributed by atoms with Gasteiger partial charge in [0, 0.05) is 6.04 Å². The number of hydrogen-bond acceptors (Lipinski definition) is 1. The second-order valence-corrected chi connectivity index (χ2v) is 4.48. The number of rotatable bonds is 2. The zero-order valence-corrected chi connectivity index (χ0v) is 10.1. The van der Waals surface area contributed by atoms with E-state index in [2.05, 4.69) is 31.2 Å². The van der Waals surface area contributed by atoms with Gasteiger partial charge in [-0.05, 0) is 31.2 Å². The summed E-state index contributed by atoms with van der Waals surface area (Å²) in [6.07, 6.45) is 5.36. The molecule has 0 radical (unpaired) electrons. The first kappa shape index (κ1) is 12.5. The summed E-state index contributed by atoms with van der Waals surface area (Å²) in [7, 11) is 0. The zero-order valence-electron chi connectivity index (χ0n) is 9.28. The maximum Gasteiger partial charge on any atom is 0.0323 e. The van der Waals surface area contributed by atoms with Crippen LogP contribution in [0.5, 0.6) is 0 Å². The van der Waals surface area contributed by atoms with Gasteiger partial charge in [-0.1, -0.05) is 42.7 Å². The van der Waals surface area contributed by atoms with Crippen LogP contribution in [0.15, 0.2) is 24.3 Å². The van der Waals surface area contributed by atoms with Crippen molar-refractivity contribution in [1.82, 2.24) is 0 Å². The van der Waals surface area contributed by atoms with Gasteiger partial charge in [0.2, 0.25) is 0 Å². The molecular weight excluding hydrogens is 206 g/mol. The summed E-state index contributed by atoms with van der Waals surface area (Å²) in [5, 5.41) is 0. The average molecular weight is 226 g/mol. The Morgan fingerprint density at radius 2 is 1.67 bits per heavy atom. The molecule has 1 saturated carbocycles. The van der Waals surface area contributed by atoms with Crippen LogP contribution in [0, 0.1) is 12.8 Å². The van der Waals surface area contributed by atoms with E-state index >= 15 is 0 Å². The van der Waals surface area contributed by atoms with Gasteiger partial charge in [-0.2, -0.15) is 0 Å². The standard InChI is InChI=1S/C13H19N.ClH/c1-10-6-8-12(9-7-10)13(14)11-4-2-3-5-11;/h6-9,11,13H,2-5,14H2,1H3;1H/t13-;/m0./s1. The Morgan fingerprint density at radius 3 is 2.20 bits per heavy atom. The summed E-state index contributed by atoms with van der Waals surface area (Å²) in [6, 6.07) is 8.93. The Bertz CT molecular complexity index is 288. The fourth-order valence-corrected chi connectivity index (χ4v) is 2.38. The molecule has 1 atom stereocenters. The molecule has 15 heavy (non-hydrogen) atoms. The van der Waals surface area contributed by atoms with Crippen molar-refractivity contribution in [1.29, 1.82) is 0 Å². The highest BCUT2D eigenvalue weighted by Gasteiger charge is 2.22. The first-order valence-corrected chi connectivity index (χ1v) is 5.59. The van der Waals surface area contributed by atoms with Gasteiger partial charge in [-0.3, -0.25) is 0 Å². The minimum atomic E-state index is 0. The fourth-order valence-electron chi connectivity index (χ4n) is 2.38. The molecule has 0 spiro atoms. The van der Waals surface area contributed by atoms with Gasteiger partial charge >= 0.3 is 0 Å². The topological polar surface area (TPSA) is 26.0 Å². The van der Waals surface area contributed by atoms with Gasteiger partial charge in [-0.15, -0.1) is 12.4 Å². The Balaban J connectivity index is 0.00000112. The van der Waals surface area contributed by atoms with E-state index in [1.807, 2.05) is 0 Å². The van der Waals surface area contributed by atoms with Crippen LogP contribution >= 0.6 is 12.4 Å². The van der Waals surface area contributed by atoms with E-state index in [1.165, 1.54) is 36.8 Å². The van der Waals surface area contributed by atoms with E-state index in [-0.39, 0.29) is 18.4 Å². The van der Waals surface area contributed by atoms with Crippen molar-refractivity contribution in [3.8, 4) is 0 Å². The quantitative estimate of drug-likeness (QED) is 0.818. The van der Waals surface area contributed by atoms with Crippen molar-refractivity contribution in [3.05, 3.63) is 35.4 Å². The van der Waals surface area contributed by atoms with E-state index in [0.29, 0.717) is 0 Å². The molecule has 1 aliphatic carbocycles. The molecule has 84 valence electrons. The van der Waals surface area contributed by atoms with Gasteiger partial charge in [0.1, 0.15) is 0 Å². The second kappa shape index (κ2) is 5.53. The molecule has 2 rings (SSSR count). The van der Waals surface area contributed by atoms with Crippen molar-refractivity contribution in [2.45, 2.75) is 38.6 Å². The summed E-state index contributed by atoms with van der Waals surface area (Å²) < 4.78 is 0. The monoisotopic (exact) mass is 225 g/mol. The van der Waals surface area contributed by atoms with E-state index in [9.17, 15) is 0 Å². The maximum atomic E-state index is 6.25. The van der Waals surface area contributed by atoms with Crippen LogP contribution in [0.3, 0.4) is 0 Å². The van der Waals surface area contributed by atoms with Crippen molar-refractivity contribution in [2.75, 3.05) is 0 Å². The molecule has 0 saturated heterocycles. The smallest absolute Gasteiger partial charge is 0.0323 e. The van der Waals surface area contributed by atoms with E-state index in [1.54, 1.807) is 0 Å². The number of nitrogens with two attached hydrogens (primary N) is 1. The lowest BCUT2D eigenvalue weighted by Crippen LogP contribution is -2.18. The minimum Gasteiger partial charge on any atom is -0.324 e. The summed E-state index contributed by atoms with van der Waals surface area (Å²) in [5.74, 6) is 0.720. The molecule has 1 aromatic carbocycles. The molecule has 1 nitrogen and oxygen atoms in total. The van der Waals surface area contributed by atoms with Gasteiger partial charge in [0.25, 0.3) is 0 Å². The van der Waals surface area contributed by atoms with Gasteiger partial charge in [-0.25, -0.2) is 0 Å². The lowest BCUT2D eigenvalue weighted by atomic mass is 9.92. The summed E-state index contributed by atoms with van der Waals surface area (Å²) in [5.41, 5.74) is 8.87. The average Bonchev–Trinajstić information content (AvgIpc) is 2.71. The van der Waals surface area contributed by atoms with Gasteiger partial charge in [0.15, 0.2) is 0 Å². The van der Waals surface area contributed by atoms with Gasteiger partial charge < -0.3 is 5.73 Å². The van der Waals surface area contributed by atoms with Crippen LogP contribution in [0.25, 0.3) is 0 Å². The predicted molar refractivity (Wildman–Crippen MR) is 67.3 cm³/mol. The highest BCUT2D eigenvalue weighted by atomic mass is 35.5. The van der Waals surface area contributed by atoms with Crippen LogP contribution < -0.4 is 5.73 Å². The molecule has 2 heteroatoms. The molecule has 0 amide bonds. The van der Waals surface area contributed by atoms with Crippen LogP contribution in [-0.2, 0) is 0 Å². The third-order valence-corrected chi connectivity index (χ3v) is 3.37. The molecule has 1 fully saturated rings. The fraction of sp³-hybridized carbons (Fsp3) is 0.538. The Labute approximate surface area is 98.5 Å². The molecule has 0 aliphatic heterocycles. The highest BCUT2D eigenvalue weighted by molar-refractivity contribution is 5.85. The minimum absolute atomic E-state index is 0. The first-order valence-electron chi connectivity index (χ1n) is 5.59. The van der Waals surface area contributed by atoms with Gasteiger partial charge in [0.05, 0.1) is 0 Å². The normalized spacial score (nSPS) is 18.5. The highest BCUT2D eigenvalue weighted by Crippen LogP contribution is 2.33. The molecule has 0 heterocycles. The molecule has 2 N–H and O–H groups in total. The molecule has 1 aromatic rings. The Hall–Kier alpha value is -0.530. The van der Waals surface area contributed by atoms with E-state index in [4.69, 9.17) is 5.73 Å². The number of aryl methyl sites for hydroxylation is 1. The van der Waals surface area contributed by atoms with Crippen LogP contribution in [0.4, 0.5) is 0 Å². The van der Waals surface area contributed by atoms with Crippen LogP contribution in [0.2, 0.25) is 0 Å². The second-order valence-electron chi connectivity index (χ2n) is 4.48.